The molecule has 27 heavy (non-hydrogen) atoms. The van der Waals surface area contributed by atoms with Crippen LogP contribution in [0.4, 0.5) is 5.82 Å². The highest BCUT2D eigenvalue weighted by Crippen LogP contribution is 2.41. The maximum Gasteiger partial charge on any atom is 0.166 e. The summed E-state index contributed by atoms with van der Waals surface area (Å²) in [6.07, 6.45) is 0.548. The van der Waals surface area contributed by atoms with E-state index in [9.17, 15) is 15.3 Å². The molecular weight excluding hydrogens is 364 g/mol. The second-order valence-corrected chi connectivity index (χ2v) is 12.9. The lowest BCUT2D eigenvalue weighted by atomic mass is 9.95. The fourth-order valence-electron chi connectivity index (χ4n) is 3.24. The molecule has 9 heteroatoms. The van der Waals surface area contributed by atoms with E-state index < -0.39 is 32.1 Å². The smallest absolute Gasteiger partial charge is 0.166 e. The molecule has 1 fully saturated rings. The van der Waals surface area contributed by atoms with Crippen molar-refractivity contribution >= 4 is 24.9 Å². The highest BCUT2D eigenvalue weighted by atomic mass is 28.3. The molecule has 3 heterocycles. The van der Waals surface area contributed by atoms with Gasteiger partial charge in [-0.3, -0.25) is 0 Å². The van der Waals surface area contributed by atoms with Gasteiger partial charge in [0.1, 0.15) is 37.6 Å². The van der Waals surface area contributed by atoms with Crippen LogP contribution in [0, 0.1) is 11.5 Å². The summed E-state index contributed by atoms with van der Waals surface area (Å²) < 4.78 is 7.53. The predicted octanol–water partition coefficient (Wildman–Crippen LogP) is 0.634. The molecule has 2 aromatic rings. The largest absolute Gasteiger partial charge is 0.396 e. The number of nitrogens with zero attached hydrogens (tertiary/aromatic N) is 3. The summed E-state index contributed by atoms with van der Waals surface area (Å²) in [6, 6.07) is 0. The third-order valence-electron chi connectivity index (χ3n) is 4.63. The number of anilines is 1. The first-order valence-corrected chi connectivity index (χ1v) is 12.4. The molecule has 8 nitrogen and oxygen atoms in total. The van der Waals surface area contributed by atoms with Crippen molar-refractivity contribution in [2.45, 2.75) is 57.0 Å². The second kappa shape index (κ2) is 6.89. The standard InChI is InChI=1S/C18H26N4O4Si/c1-18(25)14(24)12(5-7-23)26-17(18)22-9-11(6-8-27(2,3)4)13-15(19)20-10-21-16(13)22/h9-10,12,14,17,23-25H,5,7H2,1-4H3,(H2,19,20,21)/t12?,14?,17?,18-/m1/s1. The van der Waals surface area contributed by atoms with Crippen LogP contribution in [0.3, 0.4) is 0 Å². The molecule has 1 saturated heterocycles. The van der Waals surface area contributed by atoms with Gasteiger partial charge in [-0.05, 0) is 13.3 Å². The van der Waals surface area contributed by atoms with Crippen molar-refractivity contribution in [1.29, 1.82) is 0 Å². The third kappa shape index (κ3) is 3.59. The number of rotatable bonds is 3. The lowest BCUT2D eigenvalue weighted by molar-refractivity contribution is -0.0941. The van der Waals surface area contributed by atoms with Gasteiger partial charge in [-0.15, -0.1) is 5.54 Å². The number of ether oxygens (including phenoxy) is 1. The maximum absolute atomic E-state index is 10.9. The van der Waals surface area contributed by atoms with Crippen LogP contribution < -0.4 is 5.73 Å². The van der Waals surface area contributed by atoms with Crippen LogP contribution in [0.2, 0.25) is 19.6 Å². The fraction of sp³-hybridized carbons (Fsp3) is 0.556. The van der Waals surface area contributed by atoms with Gasteiger partial charge in [0.2, 0.25) is 0 Å². The summed E-state index contributed by atoms with van der Waals surface area (Å²) in [7, 11) is -1.63. The van der Waals surface area contributed by atoms with E-state index in [-0.39, 0.29) is 13.0 Å². The number of nitrogens with two attached hydrogens (primary N) is 1. The van der Waals surface area contributed by atoms with Crippen LogP contribution in [-0.2, 0) is 4.74 Å². The number of aromatic nitrogens is 3. The minimum Gasteiger partial charge on any atom is -0.396 e. The second-order valence-electron chi connectivity index (χ2n) is 8.12. The Hall–Kier alpha value is -1.96. The zero-order chi connectivity index (χ0) is 20.0. The van der Waals surface area contributed by atoms with Crippen LogP contribution in [0.5, 0.6) is 0 Å². The molecule has 1 aliphatic rings. The van der Waals surface area contributed by atoms with E-state index >= 15 is 0 Å². The molecule has 0 saturated carbocycles. The minimum absolute atomic E-state index is 0.154. The molecular formula is C18H26N4O4Si. The average Bonchev–Trinajstić information content (AvgIpc) is 3.04. The highest BCUT2D eigenvalue weighted by molar-refractivity contribution is 6.83. The number of hydrogen-bond donors (Lipinski definition) is 4. The SMILES string of the molecule is C[C@@]1(O)C(O)C(CCO)OC1n1cc(C#C[Si](C)(C)C)c2c(N)ncnc21. The lowest BCUT2D eigenvalue weighted by Gasteiger charge is -2.27. The predicted molar refractivity (Wildman–Crippen MR) is 104 cm³/mol. The van der Waals surface area contributed by atoms with Gasteiger partial charge in [-0.25, -0.2) is 9.97 Å². The Morgan fingerprint density at radius 3 is 2.70 bits per heavy atom. The van der Waals surface area contributed by atoms with Crippen molar-refractivity contribution in [3.8, 4) is 11.5 Å². The summed E-state index contributed by atoms with van der Waals surface area (Å²) in [5.41, 5.74) is 8.93. The van der Waals surface area contributed by atoms with Crippen LogP contribution in [0.15, 0.2) is 12.5 Å². The molecule has 0 bridgehead atoms. The molecule has 0 aliphatic carbocycles. The van der Waals surface area contributed by atoms with Gasteiger partial charge in [-0.1, -0.05) is 25.6 Å². The molecule has 2 aromatic heterocycles. The summed E-state index contributed by atoms with van der Waals surface area (Å²) in [6.45, 7) is 7.77. The van der Waals surface area contributed by atoms with Crippen molar-refractivity contribution in [2.24, 2.45) is 0 Å². The van der Waals surface area contributed by atoms with E-state index in [1.807, 2.05) is 0 Å². The van der Waals surface area contributed by atoms with Gasteiger partial charge < -0.3 is 30.4 Å². The zero-order valence-corrected chi connectivity index (χ0v) is 17.0. The van der Waals surface area contributed by atoms with Crippen LogP contribution >= 0.6 is 0 Å². The van der Waals surface area contributed by atoms with Gasteiger partial charge in [0.05, 0.1) is 17.1 Å². The Labute approximate surface area is 159 Å². The topological polar surface area (TPSA) is 127 Å². The van der Waals surface area contributed by atoms with E-state index in [0.29, 0.717) is 22.4 Å². The van der Waals surface area contributed by atoms with Crippen molar-refractivity contribution in [2.75, 3.05) is 12.3 Å². The van der Waals surface area contributed by atoms with E-state index in [1.54, 1.807) is 10.8 Å². The molecule has 4 atom stereocenters. The molecule has 0 spiro atoms. The van der Waals surface area contributed by atoms with Gasteiger partial charge in [-0.2, -0.15) is 0 Å². The fourth-order valence-corrected chi connectivity index (χ4v) is 3.75. The van der Waals surface area contributed by atoms with Crippen molar-refractivity contribution in [1.82, 2.24) is 14.5 Å². The van der Waals surface area contributed by atoms with Crippen molar-refractivity contribution in [3.63, 3.8) is 0 Å². The summed E-state index contributed by atoms with van der Waals surface area (Å²) in [4.78, 5) is 8.37. The van der Waals surface area contributed by atoms with E-state index in [2.05, 4.69) is 41.1 Å². The van der Waals surface area contributed by atoms with Crippen LogP contribution in [0.25, 0.3) is 11.0 Å². The van der Waals surface area contributed by atoms with E-state index in [1.165, 1.54) is 13.3 Å². The molecule has 1 aliphatic heterocycles. The summed E-state index contributed by atoms with van der Waals surface area (Å²) in [5, 5.41) is 31.1. The number of aliphatic hydroxyl groups excluding tert-OH is 2. The van der Waals surface area contributed by atoms with Gasteiger partial charge >= 0.3 is 0 Å². The number of aliphatic hydroxyl groups is 3. The molecule has 0 radical (unpaired) electrons. The monoisotopic (exact) mass is 390 g/mol. The highest BCUT2D eigenvalue weighted by Gasteiger charge is 2.53. The van der Waals surface area contributed by atoms with E-state index in [0.717, 1.165) is 0 Å². The van der Waals surface area contributed by atoms with E-state index in [4.69, 9.17) is 10.5 Å². The quantitative estimate of drug-likeness (QED) is 0.447. The Bertz CT molecular complexity index is 910. The van der Waals surface area contributed by atoms with Crippen LogP contribution in [0.1, 0.15) is 25.1 Å². The minimum atomic E-state index is -1.63. The van der Waals surface area contributed by atoms with Crippen molar-refractivity contribution in [3.05, 3.63) is 18.1 Å². The van der Waals surface area contributed by atoms with Gasteiger partial charge in [0, 0.05) is 12.8 Å². The third-order valence-corrected chi connectivity index (χ3v) is 5.51. The number of nitrogen functional groups attached to an aromatic ring is 1. The molecule has 0 aromatic carbocycles. The summed E-state index contributed by atoms with van der Waals surface area (Å²) in [5.74, 6) is 3.47. The Morgan fingerprint density at radius 1 is 1.37 bits per heavy atom. The Morgan fingerprint density at radius 2 is 2.07 bits per heavy atom. The van der Waals surface area contributed by atoms with Crippen molar-refractivity contribution < 1.29 is 20.1 Å². The Balaban J connectivity index is 2.15. The maximum atomic E-state index is 10.9. The average molecular weight is 391 g/mol. The van der Waals surface area contributed by atoms with Gasteiger partial charge in [0.15, 0.2) is 6.23 Å². The van der Waals surface area contributed by atoms with Gasteiger partial charge in [0.25, 0.3) is 0 Å². The molecule has 146 valence electrons. The summed E-state index contributed by atoms with van der Waals surface area (Å²) >= 11 is 0. The normalized spacial score (nSPS) is 28.3. The Kier molecular flexibility index (Phi) is 5.05. The van der Waals surface area contributed by atoms with Crippen LogP contribution in [-0.4, -0.2) is 62.3 Å². The molecule has 3 unspecified atom stereocenters. The first-order chi connectivity index (χ1) is 12.6. The molecule has 3 rings (SSSR count). The first-order valence-electron chi connectivity index (χ1n) is 8.87. The zero-order valence-electron chi connectivity index (χ0n) is 16.0. The molecule has 0 amide bonds. The first kappa shape index (κ1) is 19.8. The number of fused-ring (bicyclic) bond motifs is 1. The lowest BCUT2D eigenvalue weighted by Crippen LogP contribution is -2.43. The number of hydrogen-bond acceptors (Lipinski definition) is 7. The molecule has 5 N–H and O–H groups in total.